The van der Waals surface area contributed by atoms with Crippen molar-refractivity contribution in [1.29, 1.82) is 0 Å². The van der Waals surface area contributed by atoms with E-state index in [-0.39, 0.29) is 42.8 Å². The number of halogens is 1. The summed E-state index contributed by atoms with van der Waals surface area (Å²) in [5, 5.41) is 11.1. The maximum Gasteiger partial charge on any atom is 0.264 e. The lowest BCUT2D eigenvalue weighted by Gasteiger charge is -2.37. The molecule has 1 N–H and O–H groups in total. The first-order valence-corrected chi connectivity index (χ1v) is 19.2. The highest BCUT2D eigenvalue weighted by Gasteiger charge is 2.66. The first kappa shape index (κ1) is 32.4. The highest BCUT2D eigenvalue weighted by Crippen LogP contribution is 2.60. The van der Waals surface area contributed by atoms with Crippen molar-refractivity contribution in [1.82, 2.24) is 4.90 Å². The summed E-state index contributed by atoms with van der Waals surface area (Å²) in [6, 6.07) is 24.0. The number of rotatable bonds is 11. The van der Waals surface area contributed by atoms with Gasteiger partial charge in [0, 0.05) is 34.7 Å². The Morgan fingerprint density at radius 2 is 1.86 bits per heavy atom. The summed E-state index contributed by atoms with van der Waals surface area (Å²) in [6.45, 7) is 11.5. The molecule has 0 radical (unpaired) electrons. The summed E-state index contributed by atoms with van der Waals surface area (Å²) in [4.78, 5) is 32.1. The smallest absolute Gasteiger partial charge is 0.264 e. The van der Waals surface area contributed by atoms with Crippen LogP contribution in [0.2, 0.25) is 18.6 Å². The molecule has 2 heterocycles. The number of nitrogens with zero attached hydrogens (tertiary/aromatic N) is 2. The summed E-state index contributed by atoms with van der Waals surface area (Å²) in [6.07, 6.45) is 1.35. The normalized spacial score (nSPS) is 22.7. The molecule has 5 rings (SSSR count). The molecule has 1 spiro atoms. The van der Waals surface area contributed by atoms with E-state index < -0.39 is 19.8 Å². The maximum absolute atomic E-state index is 14.5. The topological polar surface area (TPSA) is 79.3 Å². The van der Waals surface area contributed by atoms with Crippen LogP contribution in [0, 0.1) is 9.49 Å². The van der Waals surface area contributed by atoms with Gasteiger partial charge in [0.2, 0.25) is 5.91 Å². The molecular formula is C35H41IN2O5Si. The number of methoxy groups -OCH3 is 1. The summed E-state index contributed by atoms with van der Waals surface area (Å²) in [5.74, 6) is 0.382. The number of carbonyl (C=O) groups is 2. The Kier molecular flexibility index (Phi) is 9.69. The van der Waals surface area contributed by atoms with Crippen molar-refractivity contribution >= 4 is 53.4 Å². The van der Waals surface area contributed by atoms with E-state index in [0.29, 0.717) is 13.1 Å². The van der Waals surface area contributed by atoms with Gasteiger partial charge in [0.25, 0.3) is 5.91 Å². The molecule has 0 saturated carbocycles. The third kappa shape index (κ3) is 5.75. The van der Waals surface area contributed by atoms with Crippen LogP contribution in [0.3, 0.4) is 0 Å². The molecule has 0 unspecified atom stereocenters. The second-order valence-corrected chi connectivity index (χ2v) is 18.2. The lowest BCUT2D eigenvalue weighted by molar-refractivity contribution is -0.149. The molecule has 44 heavy (non-hydrogen) atoms. The van der Waals surface area contributed by atoms with Crippen molar-refractivity contribution < 1.29 is 24.2 Å². The fourth-order valence-corrected chi connectivity index (χ4v) is 11.8. The third-order valence-electron chi connectivity index (χ3n) is 9.42. The van der Waals surface area contributed by atoms with E-state index in [1.807, 2.05) is 54.6 Å². The minimum atomic E-state index is -2.39. The Labute approximate surface area is 275 Å². The van der Waals surface area contributed by atoms with Crippen LogP contribution in [0.25, 0.3) is 0 Å². The Hall–Kier alpha value is -2.99. The van der Waals surface area contributed by atoms with E-state index in [4.69, 9.17) is 9.47 Å². The van der Waals surface area contributed by atoms with Gasteiger partial charge in [-0.2, -0.15) is 0 Å². The molecule has 1 saturated heterocycles. The molecule has 2 aliphatic heterocycles. The number of hydrogen-bond acceptors (Lipinski definition) is 5. The van der Waals surface area contributed by atoms with Gasteiger partial charge in [0.15, 0.2) is 5.60 Å². The highest BCUT2D eigenvalue weighted by molar-refractivity contribution is 14.1. The van der Waals surface area contributed by atoms with Gasteiger partial charge in [-0.05, 0) is 64.0 Å². The number of hydrogen-bond donors (Lipinski definition) is 1. The van der Waals surface area contributed by atoms with Crippen LogP contribution >= 0.6 is 22.6 Å². The first-order valence-electron chi connectivity index (χ1n) is 15.1. The molecule has 3 aromatic rings. The Morgan fingerprint density at radius 1 is 1.16 bits per heavy atom. The molecule has 0 bridgehead atoms. The number of fused-ring (bicyclic) bond motifs is 2. The van der Waals surface area contributed by atoms with E-state index in [1.54, 1.807) is 23.0 Å². The predicted molar refractivity (Wildman–Crippen MR) is 185 cm³/mol. The van der Waals surface area contributed by atoms with Gasteiger partial charge in [-0.3, -0.25) is 9.59 Å². The van der Waals surface area contributed by atoms with Crippen LogP contribution in [-0.2, 0) is 26.5 Å². The molecule has 3 aromatic carbocycles. The van der Waals surface area contributed by atoms with Gasteiger partial charge in [0.05, 0.1) is 40.0 Å². The van der Waals surface area contributed by atoms with Crippen molar-refractivity contribution in [2.45, 2.75) is 50.2 Å². The molecule has 4 atom stereocenters. The average Bonchev–Trinajstić information content (AvgIpc) is 3.44. The number of benzene rings is 3. The number of carbonyl (C=O) groups excluding carboxylic acids is 2. The molecule has 0 aliphatic carbocycles. The van der Waals surface area contributed by atoms with Crippen LogP contribution in [0.15, 0.2) is 85.5 Å². The predicted octanol–water partition coefficient (Wildman–Crippen LogP) is 5.46. The standard InChI is InChI=1S/C35H41IN2O5Si/c1-6-18-38-30-17-12-26(36)21-29(30)35(34(38)41)24(2)33(44(4,5)28-15-13-27(42-3)14-16-28)31(43-35)22-32(40)37(19-20-39)23-25-10-8-7-9-11-25/h6-17,21,24,31,33,39H,1,18-20,22-23H2,2-5H3/t24-,31+,33-,35+/m1/s1. The van der Waals surface area contributed by atoms with Gasteiger partial charge in [0.1, 0.15) is 5.75 Å². The van der Waals surface area contributed by atoms with Gasteiger partial charge < -0.3 is 24.4 Å². The summed E-state index contributed by atoms with van der Waals surface area (Å²) >= 11 is 2.28. The van der Waals surface area contributed by atoms with Gasteiger partial charge in [-0.25, -0.2) is 0 Å². The highest BCUT2D eigenvalue weighted by atomic mass is 127. The van der Waals surface area contributed by atoms with Gasteiger partial charge in [-0.1, -0.05) is 73.7 Å². The van der Waals surface area contributed by atoms with Crippen LogP contribution in [0.4, 0.5) is 5.69 Å². The van der Waals surface area contributed by atoms with Gasteiger partial charge in [-0.15, -0.1) is 6.58 Å². The average molecular weight is 725 g/mol. The summed E-state index contributed by atoms with van der Waals surface area (Å²) in [5.41, 5.74) is 1.41. The zero-order valence-corrected chi connectivity index (χ0v) is 29.0. The molecule has 232 valence electrons. The van der Waals surface area contributed by atoms with Crippen molar-refractivity contribution in [3.8, 4) is 5.75 Å². The molecule has 0 aromatic heterocycles. The minimum absolute atomic E-state index is 0.0640. The third-order valence-corrected chi connectivity index (χ3v) is 14.5. The van der Waals surface area contributed by atoms with E-state index in [0.717, 1.165) is 26.1 Å². The van der Waals surface area contributed by atoms with Crippen molar-refractivity contribution in [3.63, 3.8) is 0 Å². The molecular weight excluding hydrogens is 683 g/mol. The lowest BCUT2D eigenvalue weighted by atomic mass is 9.82. The number of anilines is 1. The van der Waals surface area contributed by atoms with E-state index in [2.05, 4.69) is 67.4 Å². The van der Waals surface area contributed by atoms with Crippen LogP contribution in [0.5, 0.6) is 5.75 Å². The molecule has 2 amide bonds. The van der Waals surface area contributed by atoms with Crippen molar-refractivity contribution in [3.05, 3.63) is 100 Å². The minimum Gasteiger partial charge on any atom is -0.497 e. The molecule has 2 aliphatic rings. The number of ether oxygens (including phenoxy) is 2. The SMILES string of the molecule is C=CCN1C(=O)[C@@]2(O[C@@H](CC(=O)N(CCO)Cc3ccccc3)[C@H]([Si](C)(C)c3ccc(OC)cc3)[C@H]2C)c2cc(I)ccc21. The largest absolute Gasteiger partial charge is 0.497 e. The molecule has 7 nitrogen and oxygen atoms in total. The van der Waals surface area contributed by atoms with Gasteiger partial charge >= 0.3 is 0 Å². The molecule has 9 heteroatoms. The zero-order chi connectivity index (χ0) is 31.6. The Bertz CT molecular complexity index is 1520. The number of aliphatic hydroxyl groups is 1. The number of amides is 2. The lowest BCUT2D eigenvalue weighted by Crippen LogP contribution is -2.52. The second kappa shape index (κ2) is 13.2. The summed E-state index contributed by atoms with van der Waals surface area (Å²) < 4.78 is 13.5. The second-order valence-electron chi connectivity index (χ2n) is 12.3. The summed E-state index contributed by atoms with van der Waals surface area (Å²) in [7, 11) is -0.739. The first-order chi connectivity index (χ1) is 21.1. The molecule has 1 fully saturated rings. The fraction of sp³-hybridized carbons (Fsp3) is 0.371. The van der Waals surface area contributed by atoms with Crippen LogP contribution < -0.4 is 14.8 Å². The fourth-order valence-electron chi connectivity index (χ4n) is 7.31. The quantitative estimate of drug-likeness (QED) is 0.162. The monoisotopic (exact) mass is 724 g/mol. The van der Waals surface area contributed by atoms with E-state index in [1.165, 1.54) is 5.19 Å². The van der Waals surface area contributed by atoms with E-state index >= 15 is 0 Å². The van der Waals surface area contributed by atoms with Crippen molar-refractivity contribution in [2.24, 2.45) is 5.92 Å². The van der Waals surface area contributed by atoms with Crippen LogP contribution in [0.1, 0.15) is 24.5 Å². The van der Waals surface area contributed by atoms with Crippen LogP contribution in [-0.4, -0.2) is 62.8 Å². The van der Waals surface area contributed by atoms with E-state index in [9.17, 15) is 14.7 Å². The Morgan fingerprint density at radius 3 is 2.50 bits per heavy atom. The Balaban J connectivity index is 1.58. The number of aliphatic hydroxyl groups excluding tert-OH is 1. The maximum atomic E-state index is 14.5. The zero-order valence-electron chi connectivity index (χ0n) is 25.8. The van der Waals surface area contributed by atoms with Crippen molar-refractivity contribution in [2.75, 3.05) is 31.7 Å².